The zero-order valence-corrected chi connectivity index (χ0v) is 17.9. The molecule has 1 atom stereocenters. The molecular weight excluding hydrogens is 438 g/mol. The number of hydrogen-bond donors (Lipinski definition) is 6. The molecule has 0 bridgehead atoms. The fraction of sp³-hybridized carbons (Fsp3) is 0.200. The Balaban J connectivity index is 1.97. The molecule has 0 saturated carbocycles. The van der Waals surface area contributed by atoms with Crippen LogP contribution < -0.4 is 21.1 Å². The minimum absolute atomic E-state index is 0.0116. The van der Waals surface area contributed by atoms with E-state index in [1.165, 1.54) is 55.5 Å². The maximum Gasteiger partial charge on any atom is 0.321 e. The van der Waals surface area contributed by atoms with Gasteiger partial charge >= 0.3 is 5.97 Å². The standard InChI is InChI=1S/C20H23N5O6S/c1-12(20(28)29)25-32(30,31)16-5-3-2-4-15(16)24-17(26)10-11-23-19(27)14-8-6-13(7-9-14)18(21)22/h2-9,12,25H,10-11H2,1H3,(H3,21,22)(H,23,27)(H,24,26)(H,28,29)/t12-/m1/s1. The Morgan fingerprint density at radius 1 is 1.06 bits per heavy atom. The normalized spacial score (nSPS) is 11.9. The Bertz CT molecular complexity index is 1130. The van der Waals surface area contributed by atoms with Gasteiger partial charge in [-0.2, -0.15) is 4.72 Å². The van der Waals surface area contributed by atoms with E-state index < -0.39 is 33.8 Å². The van der Waals surface area contributed by atoms with Crippen molar-refractivity contribution in [3.63, 3.8) is 0 Å². The van der Waals surface area contributed by atoms with Gasteiger partial charge in [0, 0.05) is 24.1 Å². The molecule has 2 amide bonds. The predicted octanol–water partition coefficient (Wildman–Crippen LogP) is 0.481. The smallest absolute Gasteiger partial charge is 0.321 e. The lowest BCUT2D eigenvalue weighted by molar-refractivity contribution is -0.138. The van der Waals surface area contributed by atoms with E-state index in [-0.39, 0.29) is 29.4 Å². The molecule has 0 saturated heterocycles. The number of carboxylic acid groups (broad SMARTS) is 1. The lowest BCUT2D eigenvalue weighted by atomic mass is 10.1. The largest absolute Gasteiger partial charge is 0.480 e. The van der Waals surface area contributed by atoms with Crippen LogP contribution in [-0.4, -0.2) is 49.7 Å². The van der Waals surface area contributed by atoms with Gasteiger partial charge in [-0.3, -0.25) is 19.8 Å². The molecule has 32 heavy (non-hydrogen) atoms. The van der Waals surface area contributed by atoms with Crippen molar-refractivity contribution >= 4 is 39.3 Å². The zero-order chi connectivity index (χ0) is 23.9. The van der Waals surface area contributed by atoms with Crippen LogP contribution in [0.25, 0.3) is 0 Å². The van der Waals surface area contributed by atoms with Crippen molar-refractivity contribution in [3.8, 4) is 0 Å². The topological polar surface area (TPSA) is 192 Å². The highest BCUT2D eigenvalue weighted by Gasteiger charge is 2.24. The molecule has 170 valence electrons. The number of aliphatic carboxylic acids is 1. The first-order valence-electron chi connectivity index (χ1n) is 9.38. The maximum absolute atomic E-state index is 12.5. The summed E-state index contributed by atoms with van der Waals surface area (Å²) in [7, 11) is -4.20. The molecule has 0 radical (unpaired) electrons. The summed E-state index contributed by atoms with van der Waals surface area (Å²) in [6.45, 7) is 1.17. The number of sulfonamides is 1. The molecular formula is C20H23N5O6S. The van der Waals surface area contributed by atoms with Crippen LogP contribution in [0.4, 0.5) is 5.69 Å². The van der Waals surface area contributed by atoms with Gasteiger partial charge in [-0.05, 0) is 31.2 Å². The Kier molecular flexibility index (Phi) is 8.04. The van der Waals surface area contributed by atoms with Crippen LogP contribution in [0.2, 0.25) is 0 Å². The van der Waals surface area contributed by atoms with E-state index in [4.69, 9.17) is 16.2 Å². The molecule has 11 nitrogen and oxygen atoms in total. The molecule has 0 unspecified atom stereocenters. The highest BCUT2D eigenvalue weighted by Crippen LogP contribution is 2.21. The molecule has 0 heterocycles. The van der Waals surface area contributed by atoms with Crippen molar-refractivity contribution in [2.75, 3.05) is 11.9 Å². The Labute approximate surface area is 184 Å². The summed E-state index contributed by atoms with van der Waals surface area (Å²) in [5, 5.41) is 21.3. The summed E-state index contributed by atoms with van der Waals surface area (Å²) in [6.07, 6.45) is -0.134. The molecule has 0 aliphatic heterocycles. The van der Waals surface area contributed by atoms with E-state index in [2.05, 4.69) is 10.6 Å². The lowest BCUT2D eigenvalue weighted by Crippen LogP contribution is -2.38. The van der Waals surface area contributed by atoms with Gasteiger partial charge in [0.05, 0.1) is 5.69 Å². The Morgan fingerprint density at radius 2 is 1.66 bits per heavy atom. The second kappa shape index (κ2) is 10.5. The lowest BCUT2D eigenvalue weighted by Gasteiger charge is -2.14. The highest BCUT2D eigenvalue weighted by atomic mass is 32.2. The number of anilines is 1. The van der Waals surface area contributed by atoms with Crippen LogP contribution in [0.3, 0.4) is 0 Å². The van der Waals surface area contributed by atoms with Gasteiger partial charge in [-0.1, -0.05) is 24.3 Å². The Hall–Kier alpha value is -3.77. The molecule has 2 aromatic rings. The molecule has 12 heteroatoms. The number of nitrogens with one attached hydrogen (secondary N) is 4. The third kappa shape index (κ3) is 6.62. The summed E-state index contributed by atoms with van der Waals surface area (Å²) in [5.74, 6) is -2.45. The number of nitrogen functional groups attached to an aromatic ring is 1. The fourth-order valence-electron chi connectivity index (χ4n) is 2.56. The molecule has 2 aromatic carbocycles. The van der Waals surface area contributed by atoms with Gasteiger partial charge in [-0.25, -0.2) is 8.42 Å². The molecule has 2 rings (SSSR count). The number of carboxylic acids is 1. The van der Waals surface area contributed by atoms with Crippen molar-refractivity contribution in [1.29, 1.82) is 5.41 Å². The third-order valence-electron chi connectivity index (χ3n) is 4.25. The van der Waals surface area contributed by atoms with Crippen molar-refractivity contribution in [3.05, 3.63) is 59.7 Å². The molecule has 7 N–H and O–H groups in total. The van der Waals surface area contributed by atoms with Crippen LogP contribution in [0, 0.1) is 5.41 Å². The number of amidine groups is 1. The highest BCUT2D eigenvalue weighted by molar-refractivity contribution is 7.89. The molecule has 0 aliphatic carbocycles. The minimum atomic E-state index is -4.20. The van der Waals surface area contributed by atoms with E-state index in [0.29, 0.717) is 11.1 Å². The van der Waals surface area contributed by atoms with Crippen molar-refractivity contribution < 1.29 is 27.9 Å². The minimum Gasteiger partial charge on any atom is -0.480 e. The fourth-order valence-corrected chi connectivity index (χ4v) is 3.92. The van der Waals surface area contributed by atoms with Gasteiger partial charge in [0.2, 0.25) is 15.9 Å². The first-order valence-corrected chi connectivity index (χ1v) is 10.9. The molecule has 0 aromatic heterocycles. The number of rotatable bonds is 10. The monoisotopic (exact) mass is 461 g/mol. The van der Waals surface area contributed by atoms with Gasteiger partial charge in [0.15, 0.2) is 0 Å². The third-order valence-corrected chi connectivity index (χ3v) is 5.85. The van der Waals surface area contributed by atoms with Crippen LogP contribution in [0.15, 0.2) is 53.4 Å². The maximum atomic E-state index is 12.5. The SMILES string of the molecule is C[C@@H](NS(=O)(=O)c1ccccc1NC(=O)CCNC(=O)c1ccc(C(=N)N)cc1)C(=O)O. The van der Waals surface area contributed by atoms with Crippen molar-refractivity contribution in [1.82, 2.24) is 10.0 Å². The van der Waals surface area contributed by atoms with E-state index >= 15 is 0 Å². The second-order valence-electron chi connectivity index (χ2n) is 6.72. The molecule has 0 fully saturated rings. The average molecular weight is 462 g/mol. The van der Waals surface area contributed by atoms with Gasteiger partial charge in [0.1, 0.15) is 16.8 Å². The first-order chi connectivity index (χ1) is 15.0. The number of para-hydroxylation sites is 1. The van der Waals surface area contributed by atoms with Gasteiger partial charge in [-0.15, -0.1) is 0 Å². The van der Waals surface area contributed by atoms with E-state index in [0.717, 1.165) is 0 Å². The predicted molar refractivity (Wildman–Crippen MR) is 117 cm³/mol. The van der Waals surface area contributed by atoms with E-state index in [9.17, 15) is 22.8 Å². The second-order valence-corrected chi connectivity index (χ2v) is 8.40. The van der Waals surface area contributed by atoms with Crippen molar-refractivity contribution in [2.45, 2.75) is 24.3 Å². The number of hydrogen-bond acceptors (Lipinski definition) is 6. The summed E-state index contributed by atoms with van der Waals surface area (Å²) in [4.78, 5) is 35.1. The van der Waals surface area contributed by atoms with Gasteiger partial charge in [0.25, 0.3) is 5.91 Å². The number of benzene rings is 2. The summed E-state index contributed by atoms with van der Waals surface area (Å²) in [5.41, 5.74) is 6.14. The number of carbonyl (C=O) groups is 3. The van der Waals surface area contributed by atoms with Crippen molar-refractivity contribution in [2.24, 2.45) is 5.73 Å². The summed E-state index contributed by atoms with van der Waals surface area (Å²) < 4.78 is 27.0. The van der Waals surface area contributed by atoms with Crippen LogP contribution >= 0.6 is 0 Å². The van der Waals surface area contributed by atoms with Gasteiger partial charge < -0.3 is 21.5 Å². The average Bonchev–Trinajstić information content (AvgIpc) is 2.73. The quantitative estimate of drug-likeness (QED) is 0.219. The van der Waals surface area contributed by atoms with E-state index in [1.54, 1.807) is 0 Å². The zero-order valence-electron chi connectivity index (χ0n) is 17.1. The number of carbonyl (C=O) groups excluding carboxylic acids is 2. The number of amides is 2. The summed E-state index contributed by atoms with van der Waals surface area (Å²) in [6, 6.07) is 10.3. The first kappa shape index (κ1) is 24.5. The number of nitrogens with two attached hydrogens (primary N) is 1. The van der Waals surface area contributed by atoms with E-state index in [1.807, 2.05) is 4.72 Å². The van der Waals surface area contributed by atoms with Crippen LogP contribution in [-0.2, 0) is 19.6 Å². The summed E-state index contributed by atoms with van der Waals surface area (Å²) >= 11 is 0. The van der Waals surface area contributed by atoms with Crippen LogP contribution in [0.1, 0.15) is 29.3 Å². The Morgan fingerprint density at radius 3 is 2.25 bits per heavy atom. The molecule has 0 aliphatic rings. The van der Waals surface area contributed by atoms with Crippen LogP contribution in [0.5, 0.6) is 0 Å². The molecule has 0 spiro atoms.